The van der Waals surface area contributed by atoms with Crippen molar-refractivity contribution in [1.82, 2.24) is 20.4 Å². The number of carbonyl (C=O) groups is 1. The number of benzene rings is 2. The Bertz CT molecular complexity index is 951. The summed E-state index contributed by atoms with van der Waals surface area (Å²) in [5, 5.41) is 11.2. The third-order valence-electron chi connectivity index (χ3n) is 5.19. The van der Waals surface area contributed by atoms with Crippen molar-refractivity contribution in [2.75, 3.05) is 20.2 Å². The zero-order valence-corrected chi connectivity index (χ0v) is 17.8. The smallest absolute Gasteiger partial charge is 0.255 e. The Morgan fingerprint density at radius 3 is 2.63 bits per heavy atom. The molecule has 0 unspecified atom stereocenters. The Balaban J connectivity index is 0.00000256. The summed E-state index contributed by atoms with van der Waals surface area (Å²) in [7, 11) is 1.64. The van der Waals surface area contributed by atoms with Gasteiger partial charge in [0.15, 0.2) is 0 Å². The van der Waals surface area contributed by atoms with Crippen molar-refractivity contribution in [3.05, 3.63) is 71.9 Å². The normalized spacial score (nSPS) is 15.8. The fraction of sp³-hybridized carbons (Fsp3) is 0.304. The molecule has 0 spiro atoms. The highest BCUT2D eigenvalue weighted by atomic mass is 35.5. The number of piperidine rings is 1. The number of nitrogens with zero attached hydrogens (tertiary/aromatic N) is 2. The van der Waals surface area contributed by atoms with Gasteiger partial charge in [-0.15, -0.1) is 12.4 Å². The molecule has 1 saturated heterocycles. The third-order valence-corrected chi connectivity index (χ3v) is 5.19. The second-order valence-electron chi connectivity index (χ2n) is 7.32. The molecule has 1 aromatic heterocycles. The van der Waals surface area contributed by atoms with Gasteiger partial charge < -0.3 is 15.4 Å². The highest BCUT2D eigenvalue weighted by molar-refractivity contribution is 6.00. The fourth-order valence-electron chi connectivity index (χ4n) is 3.64. The largest absolute Gasteiger partial charge is 0.497 e. The lowest BCUT2D eigenvalue weighted by atomic mass is 10.1. The van der Waals surface area contributed by atoms with Crippen molar-refractivity contribution >= 4 is 18.3 Å². The number of nitrogens with one attached hydrogen (secondary N) is 2. The van der Waals surface area contributed by atoms with Crippen LogP contribution in [-0.4, -0.2) is 41.9 Å². The van der Waals surface area contributed by atoms with Gasteiger partial charge in [-0.2, -0.15) is 5.10 Å². The van der Waals surface area contributed by atoms with Crippen molar-refractivity contribution in [2.45, 2.75) is 25.4 Å². The van der Waals surface area contributed by atoms with Crippen LogP contribution in [0.5, 0.6) is 5.75 Å². The number of aromatic nitrogens is 2. The number of amides is 1. The van der Waals surface area contributed by atoms with Gasteiger partial charge in [0.25, 0.3) is 5.91 Å². The molecule has 7 heteroatoms. The second-order valence-corrected chi connectivity index (χ2v) is 7.32. The molecular formula is C23H27ClN4O2. The fourth-order valence-corrected chi connectivity index (χ4v) is 3.64. The minimum atomic E-state index is -0.0798. The summed E-state index contributed by atoms with van der Waals surface area (Å²) in [5.41, 5.74) is 3.31. The molecule has 2 heterocycles. The van der Waals surface area contributed by atoms with Gasteiger partial charge in [0.1, 0.15) is 11.4 Å². The molecule has 1 aliphatic rings. The molecule has 1 aliphatic heterocycles. The molecule has 1 amide bonds. The van der Waals surface area contributed by atoms with Crippen LogP contribution in [0.2, 0.25) is 0 Å². The monoisotopic (exact) mass is 426 g/mol. The maximum absolute atomic E-state index is 13.1. The molecule has 4 rings (SSSR count). The number of ether oxygens (including phenoxy) is 1. The van der Waals surface area contributed by atoms with Gasteiger partial charge in [-0.1, -0.05) is 30.3 Å². The van der Waals surface area contributed by atoms with Gasteiger partial charge in [0.2, 0.25) is 0 Å². The summed E-state index contributed by atoms with van der Waals surface area (Å²) >= 11 is 0. The third kappa shape index (κ3) is 5.20. The van der Waals surface area contributed by atoms with Crippen LogP contribution >= 0.6 is 12.4 Å². The van der Waals surface area contributed by atoms with E-state index < -0.39 is 0 Å². The summed E-state index contributed by atoms with van der Waals surface area (Å²) in [5.74, 6) is 0.695. The van der Waals surface area contributed by atoms with Gasteiger partial charge in [0.05, 0.1) is 19.2 Å². The van der Waals surface area contributed by atoms with Crippen molar-refractivity contribution in [2.24, 2.45) is 0 Å². The van der Waals surface area contributed by atoms with Crippen molar-refractivity contribution < 1.29 is 9.53 Å². The first-order valence-electron chi connectivity index (χ1n) is 10.0. The van der Waals surface area contributed by atoms with Gasteiger partial charge in [-0.05, 0) is 49.2 Å². The molecule has 1 atom stereocenters. The van der Waals surface area contributed by atoms with E-state index in [9.17, 15) is 4.79 Å². The molecule has 2 aromatic carbocycles. The Hall–Kier alpha value is -2.83. The topological polar surface area (TPSA) is 68.2 Å². The highest BCUT2D eigenvalue weighted by Crippen LogP contribution is 2.25. The maximum Gasteiger partial charge on any atom is 0.255 e. The molecule has 0 radical (unpaired) electrons. The lowest BCUT2D eigenvalue weighted by Gasteiger charge is -2.23. The van der Waals surface area contributed by atoms with Gasteiger partial charge >= 0.3 is 0 Å². The number of carbonyl (C=O) groups excluding carboxylic acids is 1. The van der Waals surface area contributed by atoms with Gasteiger partial charge in [-0.25, -0.2) is 0 Å². The average Bonchev–Trinajstić information content (AvgIpc) is 3.19. The molecule has 0 saturated carbocycles. The molecule has 0 aliphatic carbocycles. The Kier molecular flexibility index (Phi) is 7.49. The number of methoxy groups -OCH3 is 1. The molecule has 30 heavy (non-hydrogen) atoms. The molecule has 2 N–H and O–H groups in total. The van der Waals surface area contributed by atoms with E-state index >= 15 is 0 Å². The van der Waals surface area contributed by atoms with Crippen molar-refractivity contribution in [3.8, 4) is 17.0 Å². The van der Waals surface area contributed by atoms with Crippen LogP contribution in [-0.2, 0) is 6.54 Å². The van der Waals surface area contributed by atoms with E-state index in [4.69, 9.17) is 9.84 Å². The maximum atomic E-state index is 13.1. The number of halogens is 1. The van der Waals surface area contributed by atoms with E-state index in [0.29, 0.717) is 17.8 Å². The number of hydrogen-bond acceptors (Lipinski definition) is 4. The predicted molar refractivity (Wildman–Crippen MR) is 120 cm³/mol. The minimum Gasteiger partial charge on any atom is -0.497 e. The standard InChI is InChI=1S/C23H26N4O2.ClH/c1-29-20-11-9-18(10-12-20)22-21(23(28)25-19-8-5-13-24-14-19)16-27(26-22)15-17-6-3-2-4-7-17;/h2-4,6-7,9-12,16,19,24H,5,8,13-15H2,1H3,(H,25,28);1H/t19-;/m0./s1. The van der Waals surface area contributed by atoms with Crippen molar-refractivity contribution in [3.63, 3.8) is 0 Å². The second kappa shape index (κ2) is 10.3. The molecule has 3 aromatic rings. The van der Waals surface area contributed by atoms with Crippen LogP contribution in [0.1, 0.15) is 28.8 Å². The molecule has 158 valence electrons. The van der Waals surface area contributed by atoms with Crippen molar-refractivity contribution in [1.29, 1.82) is 0 Å². The van der Waals surface area contributed by atoms with E-state index in [1.165, 1.54) is 0 Å². The zero-order chi connectivity index (χ0) is 20.1. The van der Waals surface area contributed by atoms with E-state index in [-0.39, 0.29) is 24.4 Å². The van der Waals surface area contributed by atoms with Crippen LogP contribution in [0.4, 0.5) is 0 Å². The van der Waals surface area contributed by atoms with E-state index in [1.54, 1.807) is 7.11 Å². The summed E-state index contributed by atoms with van der Waals surface area (Å²) in [6.07, 6.45) is 3.91. The van der Waals surface area contributed by atoms with Gasteiger partial charge in [0, 0.05) is 24.3 Å². The lowest BCUT2D eigenvalue weighted by molar-refractivity contribution is 0.0931. The first-order chi connectivity index (χ1) is 14.2. The Labute approximate surface area is 183 Å². The lowest BCUT2D eigenvalue weighted by Crippen LogP contribution is -2.45. The first-order valence-corrected chi connectivity index (χ1v) is 10.0. The Morgan fingerprint density at radius 2 is 1.97 bits per heavy atom. The zero-order valence-electron chi connectivity index (χ0n) is 17.0. The molecular weight excluding hydrogens is 400 g/mol. The van der Waals surface area contributed by atoms with E-state index in [2.05, 4.69) is 22.8 Å². The SMILES string of the molecule is COc1ccc(-c2nn(Cc3ccccc3)cc2C(=O)N[C@H]2CCCNC2)cc1.Cl. The minimum absolute atomic E-state index is 0. The molecule has 0 bridgehead atoms. The summed E-state index contributed by atoms with van der Waals surface area (Å²) in [4.78, 5) is 13.1. The van der Waals surface area contributed by atoms with Crippen LogP contribution < -0.4 is 15.4 Å². The average molecular weight is 427 g/mol. The number of rotatable bonds is 6. The molecule has 1 fully saturated rings. The predicted octanol–water partition coefficient (Wildman–Crippen LogP) is 3.51. The van der Waals surface area contributed by atoms with Crippen LogP contribution in [0.3, 0.4) is 0 Å². The molecule has 6 nitrogen and oxygen atoms in total. The Morgan fingerprint density at radius 1 is 1.20 bits per heavy atom. The van der Waals surface area contributed by atoms with E-state index in [0.717, 1.165) is 42.8 Å². The van der Waals surface area contributed by atoms with E-state index in [1.807, 2.05) is 53.3 Å². The summed E-state index contributed by atoms with van der Waals surface area (Å²) < 4.78 is 7.09. The number of hydrogen-bond donors (Lipinski definition) is 2. The van der Waals surface area contributed by atoms with Crippen LogP contribution in [0.15, 0.2) is 60.8 Å². The summed E-state index contributed by atoms with van der Waals surface area (Å²) in [6, 6.07) is 17.9. The summed E-state index contributed by atoms with van der Waals surface area (Å²) in [6.45, 7) is 2.43. The van der Waals surface area contributed by atoms with Crippen LogP contribution in [0.25, 0.3) is 11.3 Å². The van der Waals surface area contributed by atoms with Crippen LogP contribution in [0, 0.1) is 0 Å². The van der Waals surface area contributed by atoms with Gasteiger partial charge in [-0.3, -0.25) is 9.48 Å². The highest BCUT2D eigenvalue weighted by Gasteiger charge is 2.22. The quantitative estimate of drug-likeness (QED) is 0.633. The first kappa shape index (κ1) is 21.9.